The molecule has 0 saturated carbocycles. The highest BCUT2D eigenvalue weighted by molar-refractivity contribution is 7.98. The second-order valence-electron chi connectivity index (χ2n) is 9.77. The Morgan fingerprint density at radius 1 is 1.14 bits per heavy atom. The first-order valence-electron chi connectivity index (χ1n) is 13.8. The number of carbonyl (C=O) groups excluding carboxylic acids is 2. The van der Waals surface area contributed by atoms with Gasteiger partial charge in [0.2, 0.25) is 0 Å². The van der Waals surface area contributed by atoms with E-state index in [0.717, 1.165) is 10.5 Å². The van der Waals surface area contributed by atoms with Gasteiger partial charge in [-0.25, -0.2) is 9.79 Å². The summed E-state index contributed by atoms with van der Waals surface area (Å²) in [6.07, 6.45) is 3.75. The van der Waals surface area contributed by atoms with E-state index < -0.39 is 12.0 Å². The summed E-state index contributed by atoms with van der Waals surface area (Å²) in [7, 11) is 1.52. The molecule has 2 aliphatic heterocycles. The zero-order chi connectivity index (χ0) is 30.5. The van der Waals surface area contributed by atoms with Crippen molar-refractivity contribution in [1.82, 2.24) is 9.47 Å². The van der Waals surface area contributed by atoms with Crippen molar-refractivity contribution in [3.8, 4) is 11.5 Å². The van der Waals surface area contributed by atoms with E-state index in [1.807, 2.05) is 30.5 Å². The minimum atomic E-state index is -0.678. The van der Waals surface area contributed by atoms with E-state index in [-0.39, 0.29) is 24.7 Å². The fraction of sp³-hybridized carbons (Fsp3) is 0.355. The number of hydrogen-bond acceptors (Lipinski definition) is 10. The van der Waals surface area contributed by atoms with E-state index in [2.05, 4.69) is 4.99 Å². The van der Waals surface area contributed by atoms with E-state index in [0.29, 0.717) is 64.0 Å². The van der Waals surface area contributed by atoms with Gasteiger partial charge < -0.3 is 23.8 Å². The maximum atomic E-state index is 13.9. The Bertz CT molecular complexity index is 1720. The number of ether oxygens (including phenoxy) is 4. The minimum Gasteiger partial charge on any atom is -0.493 e. The van der Waals surface area contributed by atoms with Crippen LogP contribution in [0.5, 0.6) is 11.5 Å². The summed E-state index contributed by atoms with van der Waals surface area (Å²) in [4.78, 5) is 47.4. The maximum Gasteiger partial charge on any atom is 0.338 e. The minimum absolute atomic E-state index is 0.117. The second-order valence-corrected chi connectivity index (χ2v) is 11.7. The van der Waals surface area contributed by atoms with Crippen LogP contribution < -0.4 is 24.4 Å². The third-order valence-corrected chi connectivity index (χ3v) is 8.88. The summed E-state index contributed by atoms with van der Waals surface area (Å²) in [6, 6.07) is 12.4. The van der Waals surface area contributed by atoms with Crippen LogP contribution in [0.3, 0.4) is 0 Å². The number of amides is 1. The van der Waals surface area contributed by atoms with Crippen LogP contribution in [0, 0.1) is 0 Å². The third-order valence-electron chi connectivity index (χ3n) is 7.15. The Kier molecular flexibility index (Phi) is 9.69. The Balaban J connectivity index is 1.49. The van der Waals surface area contributed by atoms with Crippen LogP contribution in [0.15, 0.2) is 68.4 Å². The monoisotopic (exact) mass is 623 g/mol. The van der Waals surface area contributed by atoms with Crippen molar-refractivity contribution < 1.29 is 28.5 Å². The first-order chi connectivity index (χ1) is 20.8. The van der Waals surface area contributed by atoms with Gasteiger partial charge in [0, 0.05) is 18.0 Å². The third kappa shape index (κ3) is 6.56. The van der Waals surface area contributed by atoms with Gasteiger partial charge in [0.05, 0.1) is 48.8 Å². The summed E-state index contributed by atoms with van der Waals surface area (Å²) in [6.45, 7) is 5.72. The molecule has 2 aliphatic rings. The fourth-order valence-electron chi connectivity index (χ4n) is 4.98. The number of hydrogen-bond donors (Lipinski definition) is 0. The van der Waals surface area contributed by atoms with Gasteiger partial charge in [0.15, 0.2) is 22.9 Å². The predicted octanol–water partition coefficient (Wildman–Crippen LogP) is 2.77. The van der Waals surface area contributed by atoms with Crippen LogP contribution >= 0.6 is 23.1 Å². The van der Waals surface area contributed by atoms with E-state index >= 15 is 0 Å². The molecule has 0 N–H and O–H groups in total. The summed E-state index contributed by atoms with van der Waals surface area (Å²) < 4.78 is 24.0. The number of esters is 1. The first-order valence-corrected chi connectivity index (χ1v) is 15.9. The molecule has 3 aromatic rings. The average Bonchev–Trinajstić information content (AvgIpc) is 3.33. The Hall–Kier alpha value is -3.87. The molecule has 1 amide bonds. The lowest BCUT2D eigenvalue weighted by Crippen LogP contribution is -2.43. The van der Waals surface area contributed by atoms with Gasteiger partial charge >= 0.3 is 5.97 Å². The number of morpholine rings is 1. The molecule has 0 radical (unpaired) electrons. The van der Waals surface area contributed by atoms with Crippen molar-refractivity contribution in [2.75, 3.05) is 52.9 Å². The molecule has 1 aromatic heterocycles. The van der Waals surface area contributed by atoms with Crippen molar-refractivity contribution in [3.63, 3.8) is 0 Å². The highest BCUT2D eigenvalue weighted by atomic mass is 32.2. The highest BCUT2D eigenvalue weighted by Crippen LogP contribution is 2.32. The van der Waals surface area contributed by atoms with Crippen LogP contribution in [-0.4, -0.2) is 74.2 Å². The normalized spacial score (nSPS) is 16.9. The average molecular weight is 624 g/mol. The van der Waals surface area contributed by atoms with Gasteiger partial charge in [-0.2, -0.15) is 0 Å². The largest absolute Gasteiger partial charge is 0.493 e. The number of fused-ring (bicyclic) bond motifs is 1. The lowest BCUT2D eigenvalue weighted by molar-refractivity contribution is -0.139. The number of benzene rings is 2. The number of carbonyl (C=O) groups is 2. The predicted molar refractivity (Wildman–Crippen MR) is 165 cm³/mol. The van der Waals surface area contributed by atoms with Gasteiger partial charge in [-0.05, 0) is 61.6 Å². The van der Waals surface area contributed by atoms with Gasteiger partial charge in [-0.3, -0.25) is 14.2 Å². The van der Waals surface area contributed by atoms with Gasteiger partial charge in [0.25, 0.3) is 11.5 Å². The standard InChI is InChI=1S/C31H33N3O7S2/c1-5-40-30(37)27-19(2)32-31-34(28(27)21-7-9-22(42-4)10-8-21)29(36)25(43-31)17-20-6-11-23(24(16-20)38-3)41-18-26(35)33-12-14-39-15-13-33/h6-11,16-17,28H,5,12-15,18H2,1-4H3/b25-17+/t28-/m0/s1. The molecular formula is C31H33N3O7S2. The Morgan fingerprint density at radius 3 is 2.56 bits per heavy atom. The quantitative estimate of drug-likeness (QED) is 0.265. The molecular weight excluding hydrogens is 590 g/mol. The topological polar surface area (TPSA) is 109 Å². The van der Waals surface area contributed by atoms with Crippen molar-refractivity contribution in [3.05, 3.63) is 84.5 Å². The molecule has 1 fully saturated rings. The fourth-order valence-corrected chi connectivity index (χ4v) is 6.44. The molecule has 1 atom stereocenters. The van der Waals surface area contributed by atoms with Crippen LogP contribution in [0.4, 0.5) is 0 Å². The number of rotatable bonds is 9. The molecule has 5 rings (SSSR count). The number of methoxy groups -OCH3 is 1. The molecule has 226 valence electrons. The smallest absolute Gasteiger partial charge is 0.338 e. The molecule has 0 unspecified atom stereocenters. The molecule has 10 nitrogen and oxygen atoms in total. The second kappa shape index (κ2) is 13.6. The van der Waals surface area contributed by atoms with Gasteiger partial charge in [-0.15, -0.1) is 11.8 Å². The zero-order valence-electron chi connectivity index (χ0n) is 24.5. The van der Waals surface area contributed by atoms with Crippen LogP contribution in [0.1, 0.15) is 31.0 Å². The van der Waals surface area contributed by atoms with E-state index in [9.17, 15) is 14.4 Å². The number of thioether (sulfide) groups is 1. The lowest BCUT2D eigenvalue weighted by Gasteiger charge is -2.26. The molecule has 12 heteroatoms. The van der Waals surface area contributed by atoms with Crippen molar-refractivity contribution in [1.29, 1.82) is 0 Å². The van der Waals surface area contributed by atoms with Crippen molar-refractivity contribution >= 4 is 41.1 Å². The number of nitrogens with zero attached hydrogens (tertiary/aromatic N) is 3. The van der Waals surface area contributed by atoms with Crippen LogP contribution in [-0.2, 0) is 19.1 Å². The first kappa shape index (κ1) is 30.6. The summed E-state index contributed by atoms with van der Waals surface area (Å²) in [5, 5.41) is 0. The molecule has 0 spiro atoms. The molecule has 0 aliphatic carbocycles. The summed E-state index contributed by atoms with van der Waals surface area (Å²) >= 11 is 2.86. The Labute approximate surface area is 257 Å². The number of aromatic nitrogens is 1. The number of allylic oxidation sites excluding steroid dienone is 1. The highest BCUT2D eigenvalue weighted by Gasteiger charge is 2.33. The SMILES string of the molecule is CCOC(=O)C1=C(C)N=c2s/c(=C/c3ccc(OCC(=O)N4CCOCC4)c(OC)c3)c(=O)n2[C@H]1c1ccc(SC)cc1. The zero-order valence-corrected chi connectivity index (χ0v) is 26.1. The van der Waals surface area contributed by atoms with E-state index in [1.54, 1.807) is 59.4 Å². The van der Waals surface area contributed by atoms with Gasteiger partial charge in [-0.1, -0.05) is 29.5 Å². The van der Waals surface area contributed by atoms with Crippen LogP contribution in [0.25, 0.3) is 6.08 Å². The van der Waals surface area contributed by atoms with Crippen molar-refractivity contribution in [2.24, 2.45) is 4.99 Å². The maximum absolute atomic E-state index is 13.9. The Morgan fingerprint density at radius 2 is 1.88 bits per heavy atom. The van der Waals surface area contributed by atoms with Gasteiger partial charge in [0.1, 0.15) is 0 Å². The number of thiazole rings is 1. The molecule has 0 bridgehead atoms. The van der Waals surface area contributed by atoms with E-state index in [1.165, 1.54) is 18.4 Å². The summed E-state index contributed by atoms with van der Waals surface area (Å²) in [5.41, 5.74) is 2.08. The van der Waals surface area contributed by atoms with Crippen molar-refractivity contribution in [2.45, 2.75) is 24.8 Å². The van der Waals surface area contributed by atoms with E-state index in [4.69, 9.17) is 18.9 Å². The summed E-state index contributed by atoms with van der Waals surface area (Å²) in [5.74, 6) is 0.240. The lowest BCUT2D eigenvalue weighted by atomic mass is 9.96. The molecule has 1 saturated heterocycles. The molecule has 2 aromatic carbocycles. The molecule has 43 heavy (non-hydrogen) atoms. The van der Waals surface area contributed by atoms with Crippen LogP contribution in [0.2, 0.25) is 0 Å². The molecule has 3 heterocycles.